The number of ether oxygens (including phenoxy) is 1. The molecule has 17 heteroatoms. The Morgan fingerprint density at radius 1 is 0.585 bits per heavy atom. The summed E-state index contributed by atoms with van der Waals surface area (Å²) in [7, 11) is 3.22. The van der Waals surface area contributed by atoms with Gasteiger partial charge >= 0.3 is 0 Å². The van der Waals surface area contributed by atoms with Gasteiger partial charge in [-0.05, 0) is 111 Å². The summed E-state index contributed by atoms with van der Waals surface area (Å²) < 4.78 is 5.31. The maximum atomic E-state index is 12.7. The van der Waals surface area contributed by atoms with Gasteiger partial charge in [0.1, 0.15) is 5.75 Å². The molecule has 8 rings (SSSR count). The molecule has 4 atom stereocenters. The van der Waals surface area contributed by atoms with Gasteiger partial charge in [0.2, 0.25) is 11.8 Å². The Kier molecular flexibility index (Phi) is 16.8. The molecule has 4 unspecified atom stereocenters. The molecule has 4 fully saturated rings. The summed E-state index contributed by atoms with van der Waals surface area (Å²) >= 11 is 30.0. The molecule has 4 aromatic carbocycles. The molecule has 4 bridgehead atoms. The standard InChI is InChI=1S/C25H30Cl2N4O3.C23H24Cl3N3O2/c1-28-22-12-23(34-2)20(11-21(22)27)25(33)29-13-24(32)30-17-9-18-7-8-19(10-17)31(18)14-15-3-5-16(26)6-4-15;24-16-4-1-14(2-5-16)13-29-18-6-7-19(29)11-17(10-18)28-22(30)12-27-23(31)15-3-8-20(25)21(26)9-15/h3-6,11-12,17-19,28H,7-10,13-14H2,1-2H3,(H,29,33)(H,30,32);1-5,8-9,17-19H,6-7,10-13H2,(H,27,31)(H,28,30). The van der Waals surface area contributed by atoms with Gasteiger partial charge in [-0.1, -0.05) is 82.3 Å². The number of nitrogens with zero attached hydrogens (tertiary/aromatic N) is 2. The first-order chi connectivity index (χ1) is 31.3. The lowest BCUT2D eigenvalue weighted by Gasteiger charge is -2.39. The van der Waals surface area contributed by atoms with Gasteiger partial charge in [0.05, 0.1) is 46.5 Å². The van der Waals surface area contributed by atoms with Crippen molar-refractivity contribution in [1.82, 2.24) is 31.1 Å². The molecule has 4 amide bonds. The van der Waals surface area contributed by atoms with Crippen LogP contribution in [0.3, 0.4) is 0 Å². The van der Waals surface area contributed by atoms with Gasteiger partial charge < -0.3 is 31.3 Å². The molecule has 65 heavy (non-hydrogen) atoms. The first-order valence-electron chi connectivity index (χ1n) is 21.9. The average molecular weight is 986 g/mol. The predicted octanol–water partition coefficient (Wildman–Crippen LogP) is 8.77. The zero-order valence-corrected chi connectivity index (χ0v) is 40.1. The van der Waals surface area contributed by atoms with E-state index in [1.165, 1.54) is 30.4 Å². The summed E-state index contributed by atoms with van der Waals surface area (Å²) in [5, 5.41) is 17.1. The minimum atomic E-state index is -0.408. The molecule has 4 aromatic rings. The number of carbonyl (C=O) groups excluding carboxylic acids is 4. The van der Waals surface area contributed by atoms with Crippen molar-refractivity contribution in [1.29, 1.82) is 0 Å². The van der Waals surface area contributed by atoms with Crippen LogP contribution in [-0.4, -0.2) is 96.9 Å². The van der Waals surface area contributed by atoms with Crippen molar-refractivity contribution in [3.05, 3.63) is 126 Å². The molecule has 0 aromatic heterocycles. The number of methoxy groups -OCH3 is 1. The first-order valence-corrected chi connectivity index (χ1v) is 23.8. The van der Waals surface area contributed by atoms with Gasteiger partial charge in [-0.2, -0.15) is 0 Å². The van der Waals surface area contributed by atoms with Crippen LogP contribution in [0.4, 0.5) is 5.69 Å². The summed E-state index contributed by atoms with van der Waals surface area (Å²) in [6, 6.07) is 25.9. The molecule has 5 N–H and O–H groups in total. The van der Waals surface area contributed by atoms with Crippen LogP contribution in [-0.2, 0) is 22.7 Å². The Bertz CT molecular complexity index is 2310. The minimum absolute atomic E-state index is 0.0700. The number of anilines is 1. The summed E-state index contributed by atoms with van der Waals surface area (Å²) in [5.74, 6) is -0.748. The molecule has 0 radical (unpaired) electrons. The highest BCUT2D eigenvalue weighted by atomic mass is 35.5. The molecular formula is C48H54Cl5N7O5. The minimum Gasteiger partial charge on any atom is -0.496 e. The van der Waals surface area contributed by atoms with E-state index in [0.29, 0.717) is 56.2 Å². The molecule has 4 heterocycles. The molecule has 346 valence electrons. The monoisotopic (exact) mass is 983 g/mol. The zero-order valence-electron chi connectivity index (χ0n) is 36.3. The SMILES string of the molecule is CNc1cc(OC)c(C(=O)NCC(=O)NC2CC3CCC(C2)N3Cc2ccc(Cl)cc2)cc1Cl.O=C(CNC(=O)c1ccc(Cl)c(Cl)c1)NC1CC2CCC(C1)N2Cc1ccc(Cl)cc1. The number of hydrogen-bond donors (Lipinski definition) is 5. The van der Waals surface area contributed by atoms with Gasteiger partial charge in [-0.15, -0.1) is 0 Å². The van der Waals surface area contributed by atoms with Crippen molar-refractivity contribution in [2.75, 3.05) is 32.6 Å². The third-order valence-electron chi connectivity index (χ3n) is 12.9. The van der Waals surface area contributed by atoms with Crippen LogP contribution < -0.4 is 31.3 Å². The van der Waals surface area contributed by atoms with E-state index < -0.39 is 5.91 Å². The van der Waals surface area contributed by atoms with Crippen LogP contribution in [0.5, 0.6) is 5.75 Å². The quantitative estimate of drug-likeness (QED) is 0.0845. The fraction of sp³-hybridized carbons (Fsp3) is 0.417. The Morgan fingerprint density at radius 2 is 1.05 bits per heavy atom. The second-order valence-electron chi connectivity index (χ2n) is 17.1. The van der Waals surface area contributed by atoms with Gasteiger partial charge in [-0.3, -0.25) is 29.0 Å². The average Bonchev–Trinajstić information content (AvgIpc) is 3.66. The van der Waals surface area contributed by atoms with Crippen LogP contribution in [0.2, 0.25) is 25.1 Å². The van der Waals surface area contributed by atoms with Crippen LogP contribution in [0.1, 0.15) is 83.2 Å². The molecule has 12 nitrogen and oxygen atoms in total. The van der Waals surface area contributed by atoms with Gasteiger partial charge in [0.25, 0.3) is 11.8 Å². The summed E-state index contributed by atoms with van der Waals surface area (Å²) in [6.07, 6.45) is 8.27. The van der Waals surface area contributed by atoms with E-state index >= 15 is 0 Å². The largest absolute Gasteiger partial charge is 0.496 e. The fourth-order valence-electron chi connectivity index (χ4n) is 9.71. The van der Waals surface area contributed by atoms with Crippen molar-refractivity contribution in [2.45, 2.75) is 101 Å². The second kappa shape index (κ2) is 22.5. The molecule has 0 aliphatic carbocycles. The smallest absolute Gasteiger partial charge is 0.255 e. The highest BCUT2D eigenvalue weighted by molar-refractivity contribution is 6.42. The van der Waals surface area contributed by atoms with Gasteiger partial charge in [0, 0.05) is 78.1 Å². The molecule has 4 aliphatic heterocycles. The van der Waals surface area contributed by atoms with E-state index in [9.17, 15) is 19.2 Å². The number of fused-ring (bicyclic) bond motifs is 4. The van der Waals surface area contributed by atoms with E-state index in [2.05, 4.69) is 60.6 Å². The first kappa shape index (κ1) is 48.7. The van der Waals surface area contributed by atoms with E-state index in [0.717, 1.165) is 74.5 Å². The normalized spacial score (nSPS) is 22.3. The summed E-state index contributed by atoms with van der Waals surface area (Å²) in [5.41, 5.74) is 3.83. The summed E-state index contributed by atoms with van der Waals surface area (Å²) in [6.45, 7) is 1.64. The van der Waals surface area contributed by atoms with E-state index in [1.807, 2.05) is 24.3 Å². The van der Waals surface area contributed by atoms with Crippen LogP contribution in [0.15, 0.2) is 78.9 Å². The number of hydrogen-bond acceptors (Lipinski definition) is 8. The number of benzene rings is 4. The second-order valence-corrected chi connectivity index (χ2v) is 19.2. The summed E-state index contributed by atoms with van der Waals surface area (Å²) in [4.78, 5) is 55.0. The van der Waals surface area contributed by atoms with Crippen LogP contribution >= 0.6 is 58.0 Å². The van der Waals surface area contributed by atoms with Crippen molar-refractivity contribution in [3.8, 4) is 5.75 Å². The van der Waals surface area contributed by atoms with Gasteiger partial charge in [-0.25, -0.2) is 0 Å². The Labute approximate surface area is 405 Å². The number of carbonyl (C=O) groups is 4. The molecule has 4 saturated heterocycles. The van der Waals surface area contributed by atoms with Crippen molar-refractivity contribution < 1.29 is 23.9 Å². The van der Waals surface area contributed by atoms with Crippen molar-refractivity contribution >= 4 is 87.3 Å². The highest BCUT2D eigenvalue weighted by Crippen LogP contribution is 2.38. The lowest BCUT2D eigenvalue weighted by atomic mass is 9.96. The highest BCUT2D eigenvalue weighted by Gasteiger charge is 2.42. The van der Waals surface area contributed by atoms with E-state index in [4.69, 9.17) is 62.7 Å². The predicted molar refractivity (Wildman–Crippen MR) is 259 cm³/mol. The number of amides is 4. The third-order valence-corrected chi connectivity index (χ3v) is 14.4. The lowest BCUT2D eigenvalue weighted by Crippen LogP contribution is -2.51. The maximum Gasteiger partial charge on any atom is 0.255 e. The van der Waals surface area contributed by atoms with Crippen molar-refractivity contribution in [2.24, 2.45) is 0 Å². The van der Waals surface area contributed by atoms with E-state index in [1.54, 1.807) is 25.2 Å². The van der Waals surface area contributed by atoms with Crippen LogP contribution in [0.25, 0.3) is 0 Å². The Morgan fingerprint density at radius 3 is 1.48 bits per heavy atom. The number of piperidine rings is 2. The number of rotatable bonds is 14. The maximum absolute atomic E-state index is 12.7. The molecule has 0 spiro atoms. The number of halogens is 5. The molecule has 0 saturated carbocycles. The fourth-order valence-corrected chi connectivity index (χ4v) is 10.5. The molecule has 4 aliphatic rings. The zero-order chi connectivity index (χ0) is 46.2. The topological polar surface area (TPSA) is 144 Å². The third kappa shape index (κ3) is 12.8. The van der Waals surface area contributed by atoms with Crippen LogP contribution in [0, 0.1) is 0 Å². The molecular weight excluding hydrogens is 932 g/mol. The number of nitrogens with one attached hydrogen (secondary N) is 5. The van der Waals surface area contributed by atoms with Gasteiger partial charge in [0.15, 0.2) is 0 Å². The Balaban J connectivity index is 0.000000195. The Hall–Kier alpha value is -4.27. The van der Waals surface area contributed by atoms with E-state index in [-0.39, 0.29) is 48.5 Å². The lowest BCUT2D eigenvalue weighted by molar-refractivity contribution is -0.122. The van der Waals surface area contributed by atoms with Crippen molar-refractivity contribution in [3.63, 3.8) is 0 Å².